The first-order chi connectivity index (χ1) is 9.91. The summed E-state index contributed by atoms with van der Waals surface area (Å²) in [6.45, 7) is 10.2. The highest BCUT2D eigenvalue weighted by Gasteiger charge is 2.26. The van der Waals surface area contributed by atoms with Crippen LogP contribution < -0.4 is 4.74 Å². The van der Waals surface area contributed by atoms with Crippen LogP contribution in [0.25, 0.3) is 0 Å². The molecule has 0 aliphatic heterocycles. The normalized spacial score (nSPS) is 16.3. The van der Waals surface area contributed by atoms with Gasteiger partial charge in [-0.3, -0.25) is 4.79 Å². The van der Waals surface area contributed by atoms with Gasteiger partial charge in [-0.2, -0.15) is 0 Å². The van der Waals surface area contributed by atoms with Crippen LogP contribution in [0.3, 0.4) is 0 Å². The average molecular weight is 288 g/mol. The molecule has 1 aliphatic rings. The second kappa shape index (κ2) is 6.64. The van der Waals surface area contributed by atoms with Crippen molar-refractivity contribution in [3.05, 3.63) is 28.3 Å². The first-order valence-corrected chi connectivity index (χ1v) is 8.23. The van der Waals surface area contributed by atoms with E-state index in [2.05, 4.69) is 13.8 Å². The van der Waals surface area contributed by atoms with Crippen LogP contribution in [0.5, 0.6) is 5.75 Å². The third-order valence-corrected chi connectivity index (χ3v) is 4.63. The Kier molecular flexibility index (Phi) is 5.08. The van der Waals surface area contributed by atoms with E-state index in [0.29, 0.717) is 5.78 Å². The van der Waals surface area contributed by atoms with E-state index in [1.165, 1.54) is 19.3 Å². The Morgan fingerprint density at radius 3 is 2.29 bits per heavy atom. The van der Waals surface area contributed by atoms with Crippen molar-refractivity contribution in [2.75, 3.05) is 0 Å². The highest BCUT2D eigenvalue weighted by molar-refractivity contribution is 6.01. The molecule has 0 aromatic heterocycles. The van der Waals surface area contributed by atoms with Crippen molar-refractivity contribution in [3.8, 4) is 5.75 Å². The third-order valence-electron chi connectivity index (χ3n) is 4.63. The number of aryl methyl sites for hydroxylation is 1. The molecule has 21 heavy (non-hydrogen) atoms. The first kappa shape index (κ1) is 16.1. The van der Waals surface area contributed by atoms with Gasteiger partial charge in [-0.1, -0.05) is 19.3 Å². The molecule has 0 N–H and O–H groups in total. The van der Waals surface area contributed by atoms with Crippen molar-refractivity contribution in [2.24, 2.45) is 5.92 Å². The lowest BCUT2D eigenvalue weighted by Crippen LogP contribution is -2.20. The molecule has 0 saturated heterocycles. The molecule has 1 saturated carbocycles. The van der Waals surface area contributed by atoms with E-state index in [0.717, 1.165) is 40.8 Å². The number of ketones is 1. The summed E-state index contributed by atoms with van der Waals surface area (Å²) in [6.07, 6.45) is 5.94. The highest BCUT2D eigenvalue weighted by atomic mass is 16.5. The van der Waals surface area contributed by atoms with Crippen molar-refractivity contribution in [1.29, 1.82) is 0 Å². The summed E-state index contributed by atoms with van der Waals surface area (Å²) in [7, 11) is 0. The van der Waals surface area contributed by atoms with E-state index >= 15 is 0 Å². The van der Waals surface area contributed by atoms with Gasteiger partial charge in [0.15, 0.2) is 5.78 Å². The van der Waals surface area contributed by atoms with Crippen molar-refractivity contribution in [3.63, 3.8) is 0 Å². The largest absolute Gasteiger partial charge is 0.491 e. The number of ether oxygens (including phenoxy) is 1. The SMILES string of the molecule is Cc1cc(OC(C)C)c(C)c(C)c1C(=O)C1CCCCC1. The maximum atomic E-state index is 12.9. The van der Waals surface area contributed by atoms with Gasteiger partial charge in [-0.05, 0) is 70.2 Å². The third kappa shape index (κ3) is 3.48. The van der Waals surface area contributed by atoms with Crippen LogP contribution >= 0.6 is 0 Å². The van der Waals surface area contributed by atoms with Crippen molar-refractivity contribution >= 4 is 5.78 Å². The van der Waals surface area contributed by atoms with E-state index in [1.54, 1.807) is 0 Å². The van der Waals surface area contributed by atoms with E-state index in [-0.39, 0.29) is 12.0 Å². The molecule has 0 spiro atoms. The molecule has 1 aliphatic carbocycles. The van der Waals surface area contributed by atoms with Crippen molar-refractivity contribution in [1.82, 2.24) is 0 Å². The number of rotatable bonds is 4. The molecule has 2 rings (SSSR count). The lowest BCUT2D eigenvalue weighted by atomic mass is 9.81. The molecule has 0 unspecified atom stereocenters. The van der Waals surface area contributed by atoms with Gasteiger partial charge in [-0.15, -0.1) is 0 Å². The van der Waals surface area contributed by atoms with Crippen LogP contribution in [0.1, 0.15) is 73.0 Å². The zero-order chi connectivity index (χ0) is 15.6. The van der Waals surface area contributed by atoms with E-state index in [9.17, 15) is 4.79 Å². The van der Waals surface area contributed by atoms with E-state index in [4.69, 9.17) is 4.74 Å². The van der Waals surface area contributed by atoms with Crippen molar-refractivity contribution < 1.29 is 9.53 Å². The minimum Gasteiger partial charge on any atom is -0.491 e. The molecular weight excluding hydrogens is 260 g/mol. The molecule has 0 atom stereocenters. The highest BCUT2D eigenvalue weighted by Crippen LogP contribution is 2.33. The lowest BCUT2D eigenvalue weighted by Gasteiger charge is -2.24. The van der Waals surface area contributed by atoms with Gasteiger partial charge < -0.3 is 4.74 Å². The van der Waals surface area contributed by atoms with Crippen LogP contribution in [0, 0.1) is 26.7 Å². The lowest BCUT2D eigenvalue weighted by molar-refractivity contribution is 0.0888. The zero-order valence-corrected chi connectivity index (χ0v) is 14.1. The number of hydrogen-bond donors (Lipinski definition) is 0. The molecule has 1 aromatic carbocycles. The summed E-state index contributed by atoms with van der Waals surface area (Å²) in [4.78, 5) is 12.9. The number of carbonyl (C=O) groups is 1. The second-order valence-corrected chi connectivity index (χ2v) is 6.68. The fourth-order valence-corrected chi connectivity index (χ4v) is 3.37. The summed E-state index contributed by atoms with van der Waals surface area (Å²) in [5, 5.41) is 0. The van der Waals surface area contributed by atoms with Gasteiger partial charge >= 0.3 is 0 Å². The number of Topliss-reactive ketones (excluding diaryl/α,β-unsaturated/α-hetero) is 1. The zero-order valence-electron chi connectivity index (χ0n) is 14.1. The summed E-state index contributed by atoms with van der Waals surface area (Å²) in [5.74, 6) is 1.50. The van der Waals surface area contributed by atoms with Crippen LogP contribution in [-0.4, -0.2) is 11.9 Å². The second-order valence-electron chi connectivity index (χ2n) is 6.68. The summed E-state index contributed by atoms with van der Waals surface area (Å²) >= 11 is 0. The molecule has 0 amide bonds. The molecule has 0 radical (unpaired) electrons. The van der Waals surface area contributed by atoms with Crippen LogP contribution in [0.4, 0.5) is 0 Å². The Morgan fingerprint density at radius 1 is 1.10 bits per heavy atom. The topological polar surface area (TPSA) is 26.3 Å². The first-order valence-electron chi connectivity index (χ1n) is 8.23. The van der Waals surface area contributed by atoms with Gasteiger partial charge in [0.1, 0.15) is 5.75 Å². The Labute approximate surface area is 128 Å². The standard InChI is InChI=1S/C19H28O2/c1-12(2)21-17-11-13(3)18(15(5)14(17)4)19(20)16-9-7-6-8-10-16/h11-12,16H,6-10H2,1-5H3. The molecule has 1 fully saturated rings. The maximum absolute atomic E-state index is 12.9. The summed E-state index contributed by atoms with van der Waals surface area (Å²) < 4.78 is 5.88. The van der Waals surface area contributed by atoms with E-state index in [1.807, 2.05) is 26.8 Å². The molecule has 116 valence electrons. The maximum Gasteiger partial charge on any atom is 0.166 e. The summed E-state index contributed by atoms with van der Waals surface area (Å²) in [5.41, 5.74) is 4.20. The minimum atomic E-state index is 0.155. The fourth-order valence-electron chi connectivity index (χ4n) is 3.37. The van der Waals surface area contributed by atoms with Crippen molar-refractivity contribution in [2.45, 2.75) is 72.8 Å². The molecule has 2 nitrogen and oxygen atoms in total. The van der Waals surface area contributed by atoms with E-state index < -0.39 is 0 Å². The molecule has 1 aromatic rings. The Morgan fingerprint density at radius 2 is 1.71 bits per heavy atom. The quantitative estimate of drug-likeness (QED) is 0.715. The Balaban J connectivity index is 2.35. The van der Waals surface area contributed by atoms with Gasteiger partial charge in [0.05, 0.1) is 6.10 Å². The molecular formula is C19H28O2. The molecule has 0 heterocycles. The van der Waals surface area contributed by atoms with Crippen LogP contribution in [-0.2, 0) is 0 Å². The summed E-state index contributed by atoms with van der Waals surface area (Å²) in [6, 6.07) is 2.04. The van der Waals surface area contributed by atoms with Gasteiger partial charge in [-0.25, -0.2) is 0 Å². The predicted molar refractivity (Wildman–Crippen MR) is 87.3 cm³/mol. The fraction of sp³-hybridized carbons (Fsp3) is 0.632. The smallest absolute Gasteiger partial charge is 0.166 e. The predicted octanol–water partition coefficient (Wildman–Crippen LogP) is 5.16. The van der Waals surface area contributed by atoms with Gasteiger partial charge in [0.2, 0.25) is 0 Å². The molecule has 2 heteroatoms. The Hall–Kier alpha value is -1.31. The number of carbonyl (C=O) groups excluding carboxylic acids is 1. The minimum absolute atomic E-state index is 0.155. The monoisotopic (exact) mass is 288 g/mol. The number of hydrogen-bond acceptors (Lipinski definition) is 2. The Bertz CT molecular complexity index is 523. The molecule has 0 bridgehead atoms. The van der Waals surface area contributed by atoms with Gasteiger partial charge in [0, 0.05) is 11.5 Å². The number of benzene rings is 1. The van der Waals surface area contributed by atoms with Crippen LogP contribution in [0.15, 0.2) is 6.07 Å². The van der Waals surface area contributed by atoms with Gasteiger partial charge in [0.25, 0.3) is 0 Å². The van der Waals surface area contributed by atoms with Crippen LogP contribution in [0.2, 0.25) is 0 Å². The average Bonchev–Trinajstić information content (AvgIpc) is 2.45.